The number of sulfonamides is 1. The molecule has 0 saturated carbocycles. The minimum atomic E-state index is -3.51. The minimum Gasteiger partial charge on any atom is -0.325 e. The van der Waals surface area contributed by atoms with Crippen LogP contribution in [-0.4, -0.2) is 44.4 Å². The van der Waals surface area contributed by atoms with E-state index in [4.69, 9.17) is 0 Å². The van der Waals surface area contributed by atoms with Gasteiger partial charge < -0.3 is 5.32 Å². The summed E-state index contributed by atoms with van der Waals surface area (Å²) in [5.74, 6) is -0.0622. The molecule has 1 fully saturated rings. The standard InChI is InChI=1S/C17H27N3O3S/c1-13(2)19-24(22,23)16-9-7-15(8-10-16)18-17(21)14(3)20-11-5-4-6-12-20/h7-10,13-14,19H,4-6,11-12H2,1-3H3,(H,18,21)/t14-/m0/s1. The van der Waals surface area contributed by atoms with E-state index in [1.165, 1.54) is 18.6 Å². The predicted molar refractivity (Wildman–Crippen MR) is 95.4 cm³/mol. The number of amides is 1. The fourth-order valence-corrected chi connectivity index (χ4v) is 4.07. The third kappa shape index (κ3) is 5.03. The van der Waals surface area contributed by atoms with Gasteiger partial charge in [-0.1, -0.05) is 6.42 Å². The van der Waals surface area contributed by atoms with Gasteiger partial charge in [-0.3, -0.25) is 9.69 Å². The molecule has 1 aromatic carbocycles. The molecule has 1 aromatic rings. The van der Waals surface area contributed by atoms with Crippen LogP contribution in [0, 0.1) is 0 Å². The van der Waals surface area contributed by atoms with Crippen LogP contribution in [-0.2, 0) is 14.8 Å². The van der Waals surface area contributed by atoms with Crippen LogP contribution >= 0.6 is 0 Å². The lowest BCUT2D eigenvalue weighted by atomic mass is 10.1. The molecule has 7 heteroatoms. The maximum absolute atomic E-state index is 12.4. The van der Waals surface area contributed by atoms with Crippen LogP contribution in [0.1, 0.15) is 40.0 Å². The number of rotatable bonds is 6. The van der Waals surface area contributed by atoms with Crippen LogP contribution in [0.25, 0.3) is 0 Å². The van der Waals surface area contributed by atoms with Gasteiger partial charge in [-0.25, -0.2) is 13.1 Å². The Balaban J connectivity index is 1.99. The van der Waals surface area contributed by atoms with Crippen molar-refractivity contribution in [2.75, 3.05) is 18.4 Å². The highest BCUT2D eigenvalue weighted by atomic mass is 32.2. The molecule has 1 heterocycles. The number of carbonyl (C=O) groups excluding carboxylic acids is 1. The molecule has 1 aliphatic rings. The first kappa shape index (κ1) is 18.9. The highest BCUT2D eigenvalue weighted by Crippen LogP contribution is 2.17. The van der Waals surface area contributed by atoms with Gasteiger partial charge in [0.05, 0.1) is 10.9 Å². The van der Waals surface area contributed by atoms with E-state index in [0.717, 1.165) is 25.9 Å². The van der Waals surface area contributed by atoms with E-state index in [2.05, 4.69) is 14.9 Å². The Bertz CT molecular complexity index is 650. The molecule has 0 spiro atoms. The number of anilines is 1. The van der Waals surface area contributed by atoms with Gasteiger partial charge in [0.1, 0.15) is 0 Å². The molecule has 0 unspecified atom stereocenters. The Morgan fingerprint density at radius 2 is 1.62 bits per heavy atom. The van der Waals surface area contributed by atoms with Crippen molar-refractivity contribution in [2.45, 2.75) is 57.0 Å². The van der Waals surface area contributed by atoms with E-state index in [-0.39, 0.29) is 22.9 Å². The van der Waals surface area contributed by atoms with Gasteiger partial charge in [-0.2, -0.15) is 0 Å². The summed E-state index contributed by atoms with van der Waals surface area (Å²) >= 11 is 0. The van der Waals surface area contributed by atoms with E-state index < -0.39 is 10.0 Å². The molecular weight excluding hydrogens is 326 g/mol. The number of nitrogens with one attached hydrogen (secondary N) is 2. The molecule has 0 bridgehead atoms. The normalized spacial score (nSPS) is 17.7. The topological polar surface area (TPSA) is 78.5 Å². The average Bonchev–Trinajstić information content (AvgIpc) is 2.54. The fraction of sp³-hybridized carbons (Fsp3) is 0.588. The van der Waals surface area contributed by atoms with Gasteiger partial charge in [-0.05, 0) is 71.0 Å². The van der Waals surface area contributed by atoms with E-state index >= 15 is 0 Å². The van der Waals surface area contributed by atoms with Crippen molar-refractivity contribution in [2.24, 2.45) is 0 Å². The minimum absolute atomic E-state index is 0.0622. The van der Waals surface area contributed by atoms with Crippen LogP contribution in [0.3, 0.4) is 0 Å². The molecule has 6 nitrogen and oxygen atoms in total. The van der Waals surface area contributed by atoms with Gasteiger partial charge in [-0.15, -0.1) is 0 Å². The van der Waals surface area contributed by atoms with Gasteiger partial charge in [0, 0.05) is 11.7 Å². The average molecular weight is 353 g/mol. The van der Waals surface area contributed by atoms with Crippen molar-refractivity contribution in [3.63, 3.8) is 0 Å². The zero-order valence-electron chi connectivity index (χ0n) is 14.6. The summed E-state index contributed by atoms with van der Waals surface area (Å²) in [4.78, 5) is 14.7. The van der Waals surface area contributed by atoms with Crippen molar-refractivity contribution in [3.05, 3.63) is 24.3 Å². The molecule has 1 saturated heterocycles. The van der Waals surface area contributed by atoms with Crippen molar-refractivity contribution in [1.82, 2.24) is 9.62 Å². The van der Waals surface area contributed by atoms with Crippen LogP contribution in [0.2, 0.25) is 0 Å². The molecule has 24 heavy (non-hydrogen) atoms. The first-order valence-corrected chi connectivity index (χ1v) is 9.95. The van der Waals surface area contributed by atoms with Crippen molar-refractivity contribution in [3.8, 4) is 0 Å². The lowest BCUT2D eigenvalue weighted by Gasteiger charge is -2.31. The number of carbonyl (C=O) groups is 1. The Morgan fingerprint density at radius 1 is 1.04 bits per heavy atom. The summed E-state index contributed by atoms with van der Waals surface area (Å²) in [5, 5.41) is 2.86. The Morgan fingerprint density at radius 3 is 2.17 bits per heavy atom. The summed E-state index contributed by atoms with van der Waals surface area (Å²) in [5.41, 5.74) is 0.604. The van der Waals surface area contributed by atoms with E-state index in [1.807, 2.05) is 6.92 Å². The second kappa shape index (κ2) is 8.09. The molecular formula is C17H27N3O3S. The first-order chi connectivity index (χ1) is 11.3. The highest BCUT2D eigenvalue weighted by molar-refractivity contribution is 7.89. The smallest absolute Gasteiger partial charge is 0.241 e. The van der Waals surface area contributed by atoms with Crippen molar-refractivity contribution >= 4 is 21.6 Å². The van der Waals surface area contributed by atoms with Crippen LogP contribution in [0.4, 0.5) is 5.69 Å². The molecule has 2 rings (SSSR count). The second-order valence-electron chi connectivity index (χ2n) is 6.56. The summed E-state index contributed by atoms with van der Waals surface area (Å²) in [6.45, 7) is 7.35. The second-order valence-corrected chi connectivity index (χ2v) is 8.28. The number of piperidine rings is 1. The van der Waals surface area contributed by atoms with Crippen molar-refractivity contribution in [1.29, 1.82) is 0 Å². The monoisotopic (exact) mass is 353 g/mol. The van der Waals surface area contributed by atoms with Gasteiger partial charge >= 0.3 is 0 Å². The molecule has 1 aliphatic heterocycles. The quantitative estimate of drug-likeness (QED) is 0.822. The molecule has 1 amide bonds. The molecule has 0 aliphatic carbocycles. The summed E-state index contributed by atoms with van der Waals surface area (Å²) in [6, 6.07) is 5.90. The number of hydrogen-bond acceptors (Lipinski definition) is 4. The number of hydrogen-bond donors (Lipinski definition) is 2. The third-order valence-electron chi connectivity index (χ3n) is 4.14. The van der Waals surface area contributed by atoms with E-state index in [9.17, 15) is 13.2 Å². The summed E-state index contributed by atoms with van der Waals surface area (Å²) in [6.07, 6.45) is 3.49. The molecule has 134 valence electrons. The van der Waals surface area contributed by atoms with Gasteiger partial charge in [0.25, 0.3) is 0 Å². The maximum atomic E-state index is 12.4. The van der Waals surface area contributed by atoms with Gasteiger partial charge in [0.2, 0.25) is 15.9 Å². The molecule has 0 radical (unpaired) electrons. The van der Waals surface area contributed by atoms with Crippen LogP contribution < -0.4 is 10.0 Å². The van der Waals surface area contributed by atoms with Gasteiger partial charge in [0.15, 0.2) is 0 Å². The first-order valence-electron chi connectivity index (χ1n) is 8.47. The van der Waals surface area contributed by atoms with E-state index in [1.54, 1.807) is 26.0 Å². The zero-order chi connectivity index (χ0) is 17.7. The molecule has 2 N–H and O–H groups in total. The maximum Gasteiger partial charge on any atom is 0.241 e. The highest BCUT2D eigenvalue weighted by Gasteiger charge is 2.23. The Hall–Kier alpha value is -1.44. The number of likely N-dealkylation sites (tertiary alicyclic amines) is 1. The van der Waals surface area contributed by atoms with E-state index in [0.29, 0.717) is 5.69 Å². The zero-order valence-corrected chi connectivity index (χ0v) is 15.4. The molecule has 0 aromatic heterocycles. The Kier molecular flexibility index (Phi) is 6.37. The summed E-state index contributed by atoms with van der Waals surface area (Å²) < 4.78 is 26.7. The number of benzene rings is 1. The lowest BCUT2D eigenvalue weighted by molar-refractivity contribution is -0.121. The third-order valence-corrected chi connectivity index (χ3v) is 5.82. The van der Waals surface area contributed by atoms with Crippen molar-refractivity contribution < 1.29 is 13.2 Å². The molecule has 1 atom stereocenters. The Labute approximate surface area is 144 Å². The lowest BCUT2D eigenvalue weighted by Crippen LogP contribution is -2.44. The van der Waals surface area contributed by atoms with Crippen LogP contribution in [0.15, 0.2) is 29.2 Å². The predicted octanol–water partition coefficient (Wildman–Crippen LogP) is 2.19. The number of nitrogens with zero attached hydrogens (tertiary/aromatic N) is 1. The fourth-order valence-electron chi connectivity index (χ4n) is 2.81. The largest absolute Gasteiger partial charge is 0.325 e. The SMILES string of the molecule is CC(C)NS(=O)(=O)c1ccc(NC(=O)[C@H](C)N2CCCCC2)cc1. The summed E-state index contributed by atoms with van der Waals surface area (Å²) in [7, 11) is -3.51. The van der Waals surface area contributed by atoms with Crippen LogP contribution in [0.5, 0.6) is 0 Å².